The van der Waals surface area contributed by atoms with Crippen LogP contribution in [0, 0.1) is 17.3 Å². The maximum absolute atomic E-state index is 3.78. The van der Waals surface area contributed by atoms with E-state index in [2.05, 4.69) is 16.0 Å². The van der Waals surface area contributed by atoms with E-state index in [-0.39, 0.29) is 0 Å². The van der Waals surface area contributed by atoms with Crippen LogP contribution >= 0.6 is 0 Å². The molecule has 90 valence electrons. The first-order valence-corrected chi connectivity index (χ1v) is 6.96. The third kappa shape index (κ3) is 1.31. The van der Waals surface area contributed by atoms with Crippen LogP contribution in [-0.4, -0.2) is 38.3 Å². The predicted molar refractivity (Wildman–Crippen MR) is 64.4 cm³/mol. The third-order valence-corrected chi connectivity index (χ3v) is 5.73. The third-order valence-electron chi connectivity index (χ3n) is 5.73. The second-order valence-corrected chi connectivity index (χ2v) is 6.84. The first kappa shape index (κ1) is 9.86. The summed E-state index contributed by atoms with van der Waals surface area (Å²) in [6.45, 7) is 6.31. The SMILES string of the molecule is C1CC2(CNC2)CC1C1CNC2(CNC2)C1. The molecular formula is C13H23N3. The molecule has 0 bridgehead atoms. The van der Waals surface area contributed by atoms with Crippen LogP contribution in [0.25, 0.3) is 0 Å². The zero-order valence-electron chi connectivity index (χ0n) is 10.0. The van der Waals surface area contributed by atoms with E-state index in [4.69, 9.17) is 0 Å². The lowest BCUT2D eigenvalue weighted by Gasteiger charge is -2.41. The standard InChI is InChI=1S/C13H23N3/c1-2-12(6-14-7-12)3-10(1)11-4-13(16-5-11)8-15-9-13/h10-11,14-16H,1-9H2. The molecule has 0 aromatic carbocycles. The highest BCUT2D eigenvalue weighted by Crippen LogP contribution is 2.49. The van der Waals surface area contributed by atoms with Crippen LogP contribution in [0.2, 0.25) is 0 Å². The van der Waals surface area contributed by atoms with E-state index in [1.807, 2.05) is 0 Å². The lowest BCUT2D eigenvalue weighted by molar-refractivity contribution is 0.159. The highest BCUT2D eigenvalue weighted by Gasteiger charge is 2.50. The van der Waals surface area contributed by atoms with Crippen LogP contribution in [0.3, 0.4) is 0 Å². The highest BCUT2D eigenvalue weighted by molar-refractivity contribution is 5.09. The van der Waals surface area contributed by atoms with E-state index in [0.717, 1.165) is 17.3 Å². The molecule has 0 aromatic heterocycles. The van der Waals surface area contributed by atoms with E-state index in [9.17, 15) is 0 Å². The van der Waals surface area contributed by atoms with E-state index >= 15 is 0 Å². The largest absolute Gasteiger partial charge is 0.316 e. The molecule has 4 fully saturated rings. The summed E-state index contributed by atoms with van der Waals surface area (Å²) < 4.78 is 0. The summed E-state index contributed by atoms with van der Waals surface area (Å²) in [6, 6.07) is 0. The lowest BCUT2D eigenvalue weighted by atomic mass is 9.76. The first-order valence-electron chi connectivity index (χ1n) is 6.96. The maximum atomic E-state index is 3.78. The predicted octanol–water partition coefficient (Wildman–Crippen LogP) is 0.328. The minimum Gasteiger partial charge on any atom is -0.316 e. The van der Waals surface area contributed by atoms with Gasteiger partial charge in [0.1, 0.15) is 0 Å². The number of hydrogen-bond acceptors (Lipinski definition) is 3. The molecule has 2 spiro atoms. The van der Waals surface area contributed by atoms with Gasteiger partial charge in [0.05, 0.1) is 0 Å². The van der Waals surface area contributed by atoms with E-state index in [1.54, 1.807) is 0 Å². The van der Waals surface area contributed by atoms with Crippen LogP contribution in [0.4, 0.5) is 0 Å². The second kappa shape index (κ2) is 3.21. The van der Waals surface area contributed by atoms with Crippen LogP contribution in [-0.2, 0) is 0 Å². The topological polar surface area (TPSA) is 36.1 Å². The van der Waals surface area contributed by atoms with E-state index < -0.39 is 0 Å². The van der Waals surface area contributed by atoms with Crippen LogP contribution < -0.4 is 16.0 Å². The van der Waals surface area contributed by atoms with Gasteiger partial charge >= 0.3 is 0 Å². The molecule has 16 heavy (non-hydrogen) atoms. The Balaban J connectivity index is 1.40. The fraction of sp³-hybridized carbons (Fsp3) is 1.00. The number of hydrogen-bond donors (Lipinski definition) is 3. The van der Waals surface area contributed by atoms with Crippen molar-refractivity contribution in [1.82, 2.24) is 16.0 Å². The van der Waals surface area contributed by atoms with Gasteiger partial charge in [0.2, 0.25) is 0 Å². The first-order chi connectivity index (χ1) is 7.79. The van der Waals surface area contributed by atoms with Gasteiger partial charge in [-0.1, -0.05) is 0 Å². The summed E-state index contributed by atoms with van der Waals surface area (Å²) in [7, 11) is 0. The number of nitrogens with one attached hydrogen (secondary N) is 3. The maximum Gasteiger partial charge on any atom is 0.0435 e. The molecule has 3 aliphatic heterocycles. The zero-order chi connectivity index (χ0) is 10.6. The van der Waals surface area contributed by atoms with Gasteiger partial charge in [-0.05, 0) is 49.5 Å². The Hall–Kier alpha value is -0.120. The van der Waals surface area contributed by atoms with Gasteiger partial charge in [0.15, 0.2) is 0 Å². The summed E-state index contributed by atoms with van der Waals surface area (Å²) in [4.78, 5) is 0. The van der Waals surface area contributed by atoms with Crippen molar-refractivity contribution >= 4 is 0 Å². The molecule has 3 nitrogen and oxygen atoms in total. The minimum atomic E-state index is 0.512. The quantitative estimate of drug-likeness (QED) is 0.597. The molecule has 3 saturated heterocycles. The smallest absolute Gasteiger partial charge is 0.0435 e. The molecule has 0 radical (unpaired) electrons. The van der Waals surface area contributed by atoms with Crippen molar-refractivity contribution in [2.75, 3.05) is 32.7 Å². The number of rotatable bonds is 1. The molecule has 1 aliphatic carbocycles. The highest BCUT2D eigenvalue weighted by atomic mass is 15.2. The molecule has 4 aliphatic rings. The van der Waals surface area contributed by atoms with Gasteiger partial charge in [-0.2, -0.15) is 0 Å². The fourth-order valence-corrected chi connectivity index (χ4v) is 4.48. The van der Waals surface area contributed by atoms with Gasteiger partial charge in [-0.25, -0.2) is 0 Å². The van der Waals surface area contributed by atoms with E-state index in [1.165, 1.54) is 58.4 Å². The molecular weight excluding hydrogens is 198 g/mol. The van der Waals surface area contributed by atoms with Gasteiger partial charge in [-0.15, -0.1) is 0 Å². The second-order valence-electron chi connectivity index (χ2n) is 6.84. The summed E-state index contributed by atoms with van der Waals surface area (Å²) >= 11 is 0. The molecule has 3 heterocycles. The lowest BCUT2D eigenvalue weighted by Crippen LogP contribution is -2.64. The molecule has 2 atom stereocenters. The molecule has 3 heteroatoms. The van der Waals surface area contributed by atoms with Crippen molar-refractivity contribution in [1.29, 1.82) is 0 Å². The normalized spacial score (nSPS) is 43.5. The summed E-state index contributed by atoms with van der Waals surface area (Å²) in [6.07, 6.45) is 5.94. The fourth-order valence-electron chi connectivity index (χ4n) is 4.48. The Morgan fingerprint density at radius 1 is 0.875 bits per heavy atom. The molecule has 1 saturated carbocycles. The van der Waals surface area contributed by atoms with Crippen LogP contribution in [0.15, 0.2) is 0 Å². The average Bonchev–Trinajstić information content (AvgIpc) is 2.80. The van der Waals surface area contributed by atoms with Gasteiger partial charge in [0.25, 0.3) is 0 Å². The minimum absolute atomic E-state index is 0.512. The van der Waals surface area contributed by atoms with Crippen molar-refractivity contribution in [2.24, 2.45) is 17.3 Å². The summed E-state index contributed by atoms with van der Waals surface area (Å²) in [5.41, 5.74) is 1.25. The molecule has 3 N–H and O–H groups in total. The van der Waals surface area contributed by atoms with Crippen molar-refractivity contribution in [3.05, 3.63) is 0 Å². The van der Waals surface area contributed by atoms with Crippen LogP contribution in [0.1, 0.15) is 25.7 Å². The molecule has 0 amide bonds. The monoisotopic (exact) mass is 221 g/mol. The Morgan fingerprint density at radius 2 is 1.69 bits per heavy atom. The van der Waals surface area contributed by atoms with Gasteiger partial charge < -0.3 is 16.0 Å². The van der Waals surface area contributed by atoms with Crippen LogP contribution in [0.5, 0.6) is 0 Å². The van der Waals surface area contributed by atoms with Gasteiger partial charge in [-0.3, -0.25) is 0 Å². The Morgan fingerprint density at radius 3 is 2.19 bits per heavy atom. The van der Waals surface area contributed by atoms with Crippen molar-refractivity contribution in [3.63, 3.8) is 0 Å². The van der Waals surface area contributed by atoms with Crippen molar-refractivity contribution in [3.8, 4) is 0 Å². The summed E-state index contributed by atoms with van der Waals surface area (Å²) in [5, 5.41) is 10.7. The summed E-state index contributed by atoms with van der Waals surface area (Å²) in [5.74, 6) is 2.00. The van der Waals surface area contributed by atoms with Gasteiger partial charge in [0, 0.05) is 31.7 Å². The average molecular weight is 221 g/mol. The Kier molecular flexibility index (Phi) is 1.98. The molecule has 0 aromatic rings. The Bertz CT molecular complexity index is 264. The molecule has 4 rings (SSSR count). The zero-order valence-corrected chi connectivity index (χ0v) is 10.0. The molecule has 2 unspecified atom stereocenters. The van der Waals surface area contributed by atoms with E-state index in [0.29, 0.717) is 5.54 Å². The Labute approximate surface area is 97.7 Å². The van der Waals surface area contributed by atoms with Crippen molar-refractivity contribution < 1.29 is 0 Å². The van der Waals surface area contributed by atoms with Crippen molar-refractivity contribution in [2.45, 2.75) is 31.2 Å².